The van der Waals surface area contributed by atoms with Crippen LogP contribution in [-0.2, 0) is 11.8 Å². The van der Waals surface area contributed by atoms with Gasteiger partial charge in [0.25, 0.3) is 5.91 Å². The number of aryl methyl sites for hydroxylation is 2. The van der Waals surface area contributed by atoms with Crippen LogP contribution in [0.3, 0.4) is 0 Å². The van der Waals surface area contributed by atoms with Gasteiger partial charge in [-0.2, -0.15) is 5.10 Å². The first-order valence-corrected chi connectivity index (χ1v) is 11.7. The highest BCUT2D eigenvalue weighted by Crippen LogP contribution is 2.32. The predicted molar refractivity (Wildman–Crippen MR) is 129 cm³/mol. The van der Waals surface area contributed by atoms with E-state index in [4.69, 9.17) is 11.6 Å². The Labute approximate surface area is 202 Å². The molecule has 0 spiro atoms. The van der Waals surface area contributed by atoms with E-state index in [0.717, 1.165) is 16.8 Å². The fourth-order valence-corrected chi connectivity index (χ4v) is 4.80. The summed E-state index contributed by atoms with van der Waals surface area (Å²) in [5.74, 6) is -1.09. The first-order chi connectivity index (χ1) is 16.3. The highest BCUT2D eigenvalue weighted by molar-refractivity contribution is 6.33. The Bertz CT molecular complexity index is 1160. The van der Waals surface area contributed by atoms with Gasteiger partial charge in [0, 0.05) is 36.4 Å². The van der Waals surface area contributed by atoms with Crippen LogP contribution in [0.2, 0.25) is 5.02 Å². The van der Waals surface area contributed by atoms with Crippen molar-refractivity contribution in [1.29, 1.82) is 0 Å². The summed E-state index contributed by atoms with van der Waals surface area (Å²) in [6.45, 7) is 1.88. The third kappa shape index (κ3) is 5.28. The molecule has 2 heterocycles. The van der Waals surface area contributed by atoms with E-state index in [1.54, 1.807) is 37.5 Å². The van der Waals surface area contributed by atoms with Gasteiger partial charge in [-0.05, 0) is 61.9 Å². The second kappa shape index (κ2) is 10.3. The Balaban J connectivity index is 1.53. The maximum Gasteiger partial charge on any atom is 0.270 e. The summed E-state index contributed by atoms with van der Waals surface area (Å²) in [5.41, 5.74) is 3.42. The van der Waals surface area contributed by atoms with Crippen molar-refractivity contribution < 1.29 is 14.0 Å². The third-order valence-electron chi connectivity index (χ3n) is 6.28. The number of hydrogen-bond acceptors (Lipinski definition) is 4. The van der Waals surface area contributed by atoms with Crippen LogP contribution in [0.5, 0.6) is 0 Å². The van der Waals surface area contributed by atoms with E-state index in [-0.39, 0.29) is 18.2 Å². The van der Waals surface area contributed by atoms with E-state index in [9.17, 15) is 14.0 Å². The molecule has 1 aliphatic rings. The van der Waals surface area contributed by atoms with Crippen LogP contribution < -0.4 is 10.6 Å². The SMILES string of the molecule is Cc1nccc(Cl)c1-c1ccc(NC(=O)C(NC(=O)c2ccnn2C)C2CCCC(F)C2)cc1. The van der Waals surface area contributed by atoms with Gasteiger partial charge in [-0.1, -0.05) is 30.2 Å². The molecule has 0 saturated heterocycles. The zero-order valence-corrected chi connectivity index (χ0v) is 19.8. The van der Waals surface area contributed by atoms with Crippen molar-refractivity contribution in [2.75, 3.05) is 5.32 Å². The molecule has 34 heavy (non-hydrogen) atoms. The number of aromatic nitrogens is 3. The van der Waals surface area contributed by atoms with Crippen LogP contribution >= 0.6 is 11.6 Å². The summed E-state index contributed by atoms with van der Waals surface area (Å²) in [6.07, 6.45) is 4.26. The van der Waals surface area contributed by atoms with Gasteiger partial charge in [0.1, 0.15) is 17.9 Å². The van der Waals surface area contributed by atoms with Gasteiger partial charge in [-0.25, -0.2) is 4.39 Å². The molecule has 1 aromatic carbocycles. The van der Waals surface area contributed by atoms with Crippen molar-refractivity contribution in [1.82, 2.24) is 20.1 Å². The molecule has 0 radical (unpaired) electrons. The Morgan fingerprint density at radius 1 is 1.15 bits per heavy atom. The molecule has 9 heteroatoms. The second-order valence-electron chi connectivity index (χ2n) is 8.63. The van der Waals surface area contributed by atoms with Crippen molar-refractivity contribution in [2.45, 2.75) is 44.8 Å². The molecule has 3 unspecified atom stereocenters. The average molecular weight is 484 g/mol. The van der Waals surface area contributed by atoms with E-state index in [1.807, 2.05) is 19.1 Å². The number of benzene rings is 1. The van der Waals surface area contributed by atoms with Gasteiger partial charge in [-0.3, -0.25) is 19.3 Å². The van der Waals surface area contributed by atoms with Crippen molar-refractivity contribution in [3.63, 3.8) is 0 Å². The van der Waals surface area contributed by atoms with Crippen LogP contribution in [0.4, 0.5) is 10.1 Å². The molecule has 3 aromatic rings. The molecule has 7 nitrogen and oxygen atoms in total. The average Bonchev–Trinajstić information content (AvgIpc) is 3.24. The number of alkyl halides is 1. The fraction of sp³-hybridized carbons (Fsp3) is 0.360. The van der Waals surface area contributed by atoms with Crippen LogP contribution in [-0.4, -0.2) is 38.8 Å². The lowest BCUT2D eigenvalue weighted by atomic mass is 9.82. The maximum atomic E-state index is 14.2. The van der Waals surface area contributed by atoms with E-state index in [0.29, 0.717) is 35.7 Å². The zero-order chi connectivity index (χ0) is 24.2. The smallest absolute Gasteiger partial charge is 0.270 e. The zero-order valence-electron chi connectivity index (χ0n) is 19.1. The molecular weight excluding hydrogens is 457 g/mol. The number of hydrogen-bond donors (Lipinski definition) is 2. The van der Waals surface area contributed by atoms with Crippen molar-refractivity contribution >= 4 is 29.1 Å². The summed E-state index contributed by atoms with van der Waals surface area (Å²) in [7, 11) is 1.65. The molecule has 2 N–H and O–H groups in total. The second-order valence-corrected chi connectivity index (χ2v) is 9.04. The summed E-state index contributed by atoms with van der Waals surface area (Å²) >= 11 is 6.34. The van der Waals surface area contributed by atoms with Crippen LogP contribution in [0.25, 0.3) is 11.1 Å². The third-order valence-corrected chi connectivity index (χ3v) is 6.59. The van der Waals surface area contributed by atoms with E-state index < -0.39 is 18.1 Å². The van der Waals surface area contributed by atoms with Crippen LogP contribution in [0.15, 0.2) is 48.8 Å². The number of carbonyl (C=O) groups excluding carboxylic acids is 2. The lowest BCUT2D eigenvalue weighted by Gasteiger charge is -2.31. The monoisotopic (exact) mass is 483 g/mol. The Kier molecular flexibility index (Phi) is 7.26. The summed E-state index contributed by atoms with van der Waals surface area (Å²) in [4.78, 5) is 30.4. The van der Waals surface area contributed by atoms with E-state index in [2.05, 4.69) is 20.7 Å². The largest absolute Gasteiger partial charge is 0.339 e. The summed E-state index contributed by atoms with van der Waals surface area (Å²) in [5, 5.41) is 10.3. The minimum Gasteiger partial charge on any atom is -0.339 e. The minimum absolute atomic E-state index is 0.238. The molecule has 4 rings (SSSR count). The molecule has 0 aliphatic heterocycles. The normalized spacial score (nSPS) is 18.8. The number of pyridine rings is 1. The van der Waals surface area contributed by atoms with Crippen molar-refractivity contribution in [3.8, 4) is 11.1 Å². The Morgan fingerprint density at radius 2 is 1.91 bits per heavy atom. The van der Waals surface area contributed by atoms with Gasteiger partial charge in [0.15, 0.2) is 0 Å². The minimum atomic E-state index is -0.977. The molecule has 1 saturated carbocycles. The number of amides is 2. The lowest BCUT2D eigenvalue weighted by Crippen LogP contribution is -2.50. The predicted octanol–water partition coefficient (Wildman–Crippen LogP) is 4.71. The van der Waals surface area contributed by atoms with Crippen molar-refractivity contribution in [2.24, 2.45) is 13.0 Å². The standard InChI is InChI=1S/C25H27ClFN5O2/c1-15-22(20(26)10-12-28-15)16-6-8-19(9-7-16)30-25(34)23(17-4-3-5-18(27)14-17)31-24(33)21-11-13-29-32(21)2/h6-13,17-18,23H,3-5,14H2,1-2H3,(H,30,34)(H,31,33). The van der Waals surface area contributed by atoms with Crippen LogP contribution in [0.1, 0.15) is 41.9 Å². The van der Waals surface area contributed by atoms with Gasteiger partial charge in [0.2, 0.25) is 5.91 Å². The molecule has 178 valence electrons. The Hall–Kier alpha value is -3.26. The molecule has 1 aliphatic carbocycles. The van der Waals surface area contributed by atoms with Gasteiger partial charge in [-0.15, -0.1) is 0 Å². The fourth-order valence-electron chi connectivity index (χ4n) is 4.50. The first kappa shape index (κ1) is 23.9. The maximum absolute atomic E-state index is 14.2. The number of carbonyl (C=O) groups is 2. The first-order valence-electron chi connectivity index (χ1n) is 11.3. The van der Waals surface area contributed by atoms with Crippen LogP contribution in [0, 0.1) is 12.8 Å². The molecule has 2 aromatic heterocycles. The number of nitrogens with one attached hydrogen (secondary N) is 2. The molecular formula is C25H27ClFN5O2. The van der Waals surface area contributed by atoms with Gasteiger partial charge >= 0.3 is 0 Å². The lowest BCUT2D eigenvalue weighted by molar-refractivity contribution is -0.119. The summed E-state index contributed by atoms with van der Waals surface area (Å²) in [6, 6.07) is 9.70. The summed E-state index contributed by atoms with van der Waals surface area (Å²) < 4.78 is 15.6. The topological polar surface area (TPSA) is 88.9 Å². The highest BCUT2D eigenvalue weighted by atomic mass is 35.5. The van der Waals surface area contributed by atoms with Gasteiger partial charge < -0.3 is 10.6 Å². The Morgan fingerprint density at radius 3 is 2.56 bits per heavy atom. The molecule has 1 fully saturated rings. The molecule has 0 bridgehead atoms. The number of halogens is 2. The van der Waals surface area contributed by atoms with E-state index in [1.165, 1.54) is 10.9 Å². The van der Waals surface area contributed by atoms with Crippen molar-refractivity contribution in [3.05, 3.63) is 65.2 Å². The van der Waals surface area contributed by atoms with Gasteiger partial charge in [0.05, 0.1) is 5.02 Å². The number of rotatable bonds is 6. The highest BCUT2D eigenvalue weighted by Gasteiger charge is 2.34. The molecule has 3 atom stereocenters. The quantitative estimate of drug-likeness (QED) is 0.531. The number of anilines is 1. The number of nitrogens with zero attached hydrogens (tertiary/aromatic N) is 3. The van der Waals surface area contributed by atoms with E-state index >= 15 is 0 Å². The molecule has 2 amide bonds.